The maximum Gasteiger partial charge on any atom is 0.282 e. The third-order valence-electron chi connectivity index (χ3n) is 4.82. The summed E-state index contributed by atoms with van der Waals surface area (Å²) < 4.78 is 27.8. The number of hydrogen-bond donors (Lipinski definition) is 1. The monoisotopic (exact) mass is 424 g/mol. The quantitative estimate of drug-likeness (QED) is 0.576. The Morgan fingerprint density at radius 3 is 2.33 bits per heavy atom. The van der Waals surface area contributed by atoms with Gasteiger partial charge in [-0.05, 0) is 42.3 Å². The van der Waals surface area contributed by atoms with Crippen LogP contribution in [-0.2, 0) is 9.59 Å². The van der Waals surface area contributed by atoms with Gasteiger partial charge in [0.1, 0.15) is 17.3 Å². The van der Waals surface area contributed by atoms with Crippen molar-refractivity contribution in [2.75, 3.05) is 10.2 Å². The fourth-order valence-corrected chi connectivity index (χ4v) is 3.45. The van der Waals surface area contributed by atoms with Crippen LogP contribution in [-0.4, -0.2) is 11.8 Å². The fourth-order valence-electron chi connectivity index (χ4n) is 3.28. The molecule has 3 aromatic rings. The summed E-state index contributed by atoms with van der Waals surface area (Å²) in [6.07, 6.45) is 0. The third-order valence-corrected chi connectivity index (χ3v) is 5.23. The molecule has 2 amide bonds. The first-order valence-corrected chi connectivity index (χ1v) is 9.42. The summed E-state index contributed by atoms with van der Waals surface area (Å²) in [5.41, 5.74) is 1.46. The van der Waals surface area contributed by atoms with Crippen LogP contribution in [0.2, 0.25) is 5.02 Å². The van der Waals surface area contributed by atoms with Crippen molar-refractivity contribution in [3.05, 3.63) is 100 Å². The van der Waals surface area contributed by atoms with Gasteiger partial charge >= 0.3 is 0 Å². The predicted molar refractivity (Wildman–Crippen MR) is 112 cm³/mol. The Morgan fingerprint density at radius 1 is 0.900 bits per heavy atom. The van der Waals surface area contributed by atoms with Gasteiger partial charge in [-0.3, -0.25) is 9.59 Å². The molecule has 1 aliphatic rings. The molecule has 0 fully saturated rings. The van der Waals surface area contributed by atoms with Crippen LogP contribution in [0.15, 0.2) is 72.4 Å². The van der Waals surface area contributed by atoms with E-state index in [1.165, 1.54) is 0 Å². The van der Waals surface area contributed by atoms with Gasteiger partial charge in [-0.1, -0.05) is 48.0 Å². The van der Waals surface area contributed by atoms with E-state index in [1.54, 1.807) is 55.5 Å². The molecule has 7 heteroatoms. The van der Waals surface area contributed by atoms with Gasteiger partial charge in [-0.25, -0.2) is 13.7 Å². The molecular formula is C23H15ClF2N2O2. The average molecular weight is 425 g/mol. The van der Waals surface area contributed by atoms with E-state index in [2.05, 4.69) is 5.32 Å². The molecule has 0 atom stereocenters. The van der Waals surface area contributed by atoms with Crippen molar-refractivity contribution >= 4 is 40.4 Å². The second kappa shape index (κ2) is 7.72. The topological polar surface area (TPSA) is 49.4 Å². The molecule has 1 heterocycles. The Hall–Kier alpha value is -3.51. The summed E-state index contributed by atoms with van der Waals surface area (Å²) >= 11 is 6.17. The highest BCUT2D eigenvalue weighted by Crippen LogP contribution is 2.36. The normalized spacial score (nSPS) is 13.9. The predicted octanol–water partition coefficient (Wildman–Crippen LogP) is 5.32. The Balaban J connectivity index is 1.86. The Bertz CT molecular complexity index is 1210. The number of nitrogens with one attached hydrogen (secondary N) is 1. The number of nitrogens with zero attached hydrogens (tertiary/aromatic N) is 1. The van der Waals surface area contributed by atoms with E-state index in [0.29, 0.717) is 32.8 Å². The van der Waals surface area contributed by atoms with Crippen molar-refractivity contribution < 1.29 is 18.4 Å². The molecule has 0 unspecified atom stereocenters. The zero-order valence-corrected chi connectivity index (χ0v) is 16.5. The lowest BCUT2D eigenvalue weighted by atomic mass is 10.0. The Labute approximate surface area is 176 Å². The van der Waals surface area contributed by atoms with Crippen LogP contribution >= 0.6 is 11.6 Å². The van der Waals surface area contributed by atoms with E-state index in [1.807, 2.05) is 0 Å². The van der Waals surface area contributed by atoms with Crippen molar-refractivity contribution in [2.24, 2.45) is 0 Å². The number of carbonyl (C=O) groups is 2. The first kappa shape index (κ1) is 19.8. The number of anilines is 2. The van der Waals surface area contributed by atoms with Crippen molar-refractivity contribution in [1.82, 2.24) is 0 Å². The van der Waals surface area contributed by atoms with E-state index in [9.17, 15) is 18.4 Å². The summed E-state index contributed by atoms with van der Waals surface area (Å²) in [6.45, 7) is 1.77. The van der Waals surface area contributed by atoms with Crippen LogP contribution in [0.5, 0.6) is 0 Å². The van der Waals surface area contributed by atoms with E-state index in [0.717, 1.165) is 12.1 Å². The first-order chi connectivity index (χ1) is 14.4. The minimum absolute atomic E-state index is 0.0136. The molecule has 1 N–H and O–H groups in total. The number of rotatable bonds is 4. The van der Waals surface area contributed by atoms with E-state index >= 15 is 0 Å². The summed E-state index contributed by atoms with van der Waals surface area (Å²) in [5.74, 6) is -3.27. The minimum Gasteiger partial charge on any atom is -0.350 e. The van der Waals surface area contributed by atoms with Crippen LogP contribution in [0, 0.1) is 18.6 Å². The molecule has 0 aliphatic carbocycles. The first-order valence-electron chi connectivity index (χ1n) is 9.04. The van der Waals surface area contributed by atoms with E-state index in [4.69, 9.17) is 11.6 Å². The molecule has 0 saturated heterocycles. The van der Waals surface area contributed by atoms with Gasteiger partial charge in [0.2, 0.25) is 0 Å². The summed E-state index contributed by atoms with van der Waals surface area (Å²) in [5, 5.41) is 3.48. The molecule has 30 heavy (non-hydrogen) atoms. The van der Waals surface area contributed by atoms with E-state index < -0.39 is 23.4 Å². The second-order valence-electron chi connectivity index (χ2n) is 6.69. The number of imide groups is 1. The number of amides is 2. The largest absolute Gasteiger partial charge is 0.350 e. The number of carbonyl (C=O) groups excluding carboxylic acids is 2. The molecule has 0 radical (unpaired) electrons. The van der Waals surface area contributed by atoms with Crippen LogP contribution in [0.1, 0.15) is 11.1 Å². The number of halogens is 3. The standard InChI is InChI=1S/C23H15ClF2N2O2/c1-13-16(24)8-5-9-18(13)27-21-20(14-6-3-2-4-7-14)22(29)28(23(21)30)19-11-10-15(25)12-17(19)26/h2-12,27H,1H3. The molecule has 0 aromatic heterocycles. The van der Waals surface area contributed by atoms with Crippen molar-refractivity contribution in [2.45, 2.75) is 6.92 Å². The zero-order chi connectivity index (χ0) is 21.4. The average Bonchev–Trinajstić information content (AvgIpc) is 2.96. The Kier molecular flexibility index (Phi) is 5.10. The molecule has 3 aromatic carbocycles. The molecular weight excluding hydrogens is 410 g/mol. The van der Waals surface area contributed by atoms with Crippen LogP contribution in [0.3, 0.4) is 0 Å². The smallest absolute Gasteiger partial charge is 0.282 e. The molecule has 4 nitrogen and oxygen atoms in total. The number of hydrogen-bond acceptors (Lipinski definition) is 3. The summed E-state index contributed by atoms with van der Waals surface area (Å²) in [4.78, 5) is 27.2. The van der Waals surface area contributed by atoms with Crippen LogP contribution < -0.4 is 10.2 Å². The zero-order valence-electron chi connectivity index (χ0n) is 15.7. The fraction of sp³-hybridized carbons (Fsp3) is 0.0435. The maximum absolute atomic E-state index is 14.4. The van der Waals surface area contributed by atoms with Gasteiger partial charge in [0.15, 0.2) is 0 Å². The highest BCUT2D eigenvalue weighted by molar-refractivity contribution is 6.46. The van der Waals surface area contributed by atoms with E-state index in [-0.39, 0.29) is 17.0 Å². The molecule has 4 rings (SSSR count). The lowest BCUT2D eigenvalue weighted by Gasteiger charge is -2.16. The van der Waals surface area contributed by atoms with Gasteiger partial charge in [-0.15, -0.1) is 0 Å². The van der Waals surface area contributed by atoms with Gasteiger partial charge in [0, 0.05) is 16.8 Å². The minimum atomic E-state index is -1.01. The van der Waals surface area contributed by atoms with Gasteiger partial charge < -0.3 is 5.32 Å². The molecule has 0 spiro atoms. The summed E-state index contributed by atoms with van der Waals surface area (Å²) in [6, 6.07) is 16.4. The molecule has 0 bridgehead atoms. The third kappa shape index (κ3) is 3.35. The lowest BCUT2D eigenvalue weighted by Crippen LogP contribution is -2.33. The molecule has 1 aliphatic heterocycles. The lowest BCUT2D eigenvalue weighted by molar-refractivity contribution is -0.120. The second-order valence-corrected chi connectivity index (χ2v) is 7.10. The highest BCUT2D eigenvalue weighted by atomic mass is 35.5. The Morgan fingerprint density at radius 2 is 1.63 bits per heavy atom. The number of benzene rings is 3. The van der Waals surface area contributed by atoms with Gasteiger partial charge in [0.25, 0.3) is 11.8 Å². The van der Waals surface area contributed by atoms with Crippen LogP contribution in [0.4, 0.5) is 20.2 Å². The van der Waals surface area contributed by atoms with Crippen molar-refractivity contribution in [3.63, 3.8) is 0 Å². The van der Waals surface area contributed by atoms with Gasteiger partial charge in [0.05, 0.1) is 11.3 Å². The molecule has 0 saturated carbocycles. The summed E-state index contributed by atoms with van der Waals surface area (Å²) in [7, 11) is 0. The molecule has 150 valence electrons. The maximum atomic E-state index is 14.4. The van der Waals surface area contributed by atoms with Crippen LogP contribution in [0.25, 0.3) is 5.57 Å². The van der Waals surface area contributed by atoms with Gasteiger partial charge in [-0.2, -0.15) is 0 Å². The van der Waals surface area contributed by atoms with Crippen molar-refractivity contribution in [1.29, 1.82) is 0 Å². The van der Waals surface area contributed by atoms with Crippen molar-refractivity contribution in [3.8, 4) is 0 Å². The highest BCUT2D eigenvalue weighted by Gasteiger charge is 2.41. The SMILES string of the molecule is Cc1c(Cl)cccc1NC1=C(c2ccccc2)C(=O)N(c2ccc(F)cc2F)C1=O.